The summed E-state index contributed by atoms with van der Waals surface area (Å²) in [6.45, 7) is 12.4. The lowest BCUT2D eigenvalue weighted by atomic mass is 9.45. The fourth-order valence-electron chi connectivity index (χ4n) is 8.67. The average Bonchev–Trinajstić information content (AvgIpc) is 2.99. The summed E-state index contributed by atoms with van der Waals surface area (Å²) >= 11 is 0. The van der Waals surface area contributed by atoms with Crippen LogP contribution in [0.4, 0.5) is 0 Å². The third kappa shape index (κ3) is 3.24. The summed E-state index contributed by atoms with van der Waals surface area (Å²) in [6, 6.07) is 0. The molecule has 0 aromatic rings. The minimum absolute atomic E-state index is 0.221. The average molecular weight is 385 g/mol. The number of Topliss-reactive ketones (excluding diaryl/α,β-unsaturated/α-hetero) is 1. The van der Waals surface area contributed by atoms with Crippen LogP contribution in [-0.2, 0) is 4.79 Å². The smallest absolute Gasteiger partial charge is 0.140 e. The molecular formula is C27H44O. The van der Waals surface area contributed by atoms with Crippen molar-refractivity contribution in [2.75, 3.05) is 0 Å². The zero-order chi connectivity index (χ0) is 20.1. The highest BCUT2D eigenvalue weighted by molar-refractivity contribution is 5.85. The lowest BCUT2D eigenvalue weighted by molar-refractivity contribution is -0.146. The van der Waals surface area contributed by atoms with E-state index < -0.39 is 0 Å². The molecule has 1 heteroatoms. The fourth-order valence-corrected chi connectivity index (χ4v) is 8.67. The second-order valence-corrected chi connectivity index (χ2v) is 12.0. The zero-order valence-electron chi connectivity index (χ0n) is 19.2. The maximum Gasteiger partial charge on any atom is 0.140 e. The normalized spacial score (nSPS) is 46.2. The first-order valence-corrected chi connectivity index (χ1v) is 12.5. The standard InChI is InChI=1S/C27H44O/c1-18(2)9-8-10-19(3)21-12-13-22-20-17-25(28)24-11-6-7-15-26(24,4)23(20)14-16-27(21,22)5/h6,11,18-24H,7-10,12-17H2,1-5H3/t19-,20-,21+,22-,23-,24+,26+,27+/m0/s1. The minimum Gasteiger partial charge on any atom is -0.299 e. The maximum atomic E-state index is 13.2. The van der Waals surface area contributed by atoms with Gasteiger partial charge in [-0.05, 0) is 84.9 Å². The van der Waals surface area contributed by atoms with Crippen molar-refractivity contribution >= 4 is 5.78 Å². The summed E-state index contributed by atoms with van der Waals surface area (Å²) in [7, 11) is 0. The number of carbonyl (C=O) groups is 1. The molecule has 0 aromatic carbocycles. The Balaban J connectivity index is 1.51. The summed E-state index contributed by atoms with van der Waals surface area (Å²) in [5.74, 6) is 5.62. The summed E-state index contributed by atoms with van der Waals surface area (Å²) < 4.78 is 0. The molecule has 0 spiro atoms. The van der Waals surface area contributed by atoms with Gasteiger partial charge in [0.15, 0.2) is 0 Å². The third-order valence-corrected chi connectivity index (χ3v) is 10.2. The second-order valence-electron chi connectivity index (χ2n) is 12.0. The topological polar surface area (TPSA) is 17.1 Å². The molecule has 3 saturated carbocycles. The van der Waals surface area contributed by atoms with Crippen molar-refractivity contribution in [3.63, 3.8) is 0 Å². The number of allylic oxidation sites excluding steroid dienone is 2. The predicted molar refractivity (Wildman–Crippen MR) is 118 cm³/mol. The molecule has 1 nitrogen and oxygen atoms in total. The van der Waals surface area contributed by atoms with Gasteiger partial charge in [-0.25, -0.2) is 0 Å². The molecule has 0 N–H and O–H groups in total. The number of rotatable bonds is 5. The molecule has 0 saturated heterocycles. The molecule has 0 bridgehead atoms. The number of hydrogen-bond donors (Lipinski definition) is 0. The van der Waals surface area contributed by atoms with Crippen molar-refractivity contribution in [2.45, 2.75) is 98.8 Å². The van der Waals surface area contributed by atoms with Gasteiger partial charge < -0.3 is 0 Å². The SMILES string of the molecule is CC(C)CCC[C@H](C)[C@H]1CC[C@H]2[C@@H]3CC(=O)[C@H]4C=CCC[C@]4(C)[C@H]3CC[C@]12C. The van der Waals surface area contributed by atoms with Gasteiger partial charge in [-0.3, -0.25) is 4.79 Å². The van der Waals surface area contributed by atoms with E-state index in [1.54, 1.807) is 0 Å². The highest BCUT2D eigenvalue weighted by Gasteiger charge is 2.61. The number of carbonyl (C=O) groups excluding carboxylic acids is 1. The number of fused-ring (bicyclic) bond motifs is 5. The van der Waals surface area contributed by atoms with Crippen LogP contribution in [0.2, 0.25) is 0 Å². The van der Waals surface area contributed by atoms with Crippen molar-refractivity contribution in [3.8, 4) is 0 Å². The molecule has 4 aliphatic carbocycles. The molecule has 0 aliphatic heterocycles. The van der Waals surface area contributed by atoms with Crippen LogP contribution in [-0.4, -0.2) is 5.78 Å². The highest BCUT2D eigenvalue weighted by atomic mass is 16.1. The Bertz CT molecular complexity index is 618. The Morgan fingerprint density at radius 2 is 1.75 bits per heavy atom. The molecule has 0 aromatic heterocycles. The predicted octanol–water partition coefficient (Wildman–Crippen LogP) is 7.45. The van der Waals surface area contributed by atoms with Gasteiger partial charge in [0.1, 0.15) is 5.78 Å². The minimum atomic E-state index is 0.221. The molecule has 0 radical (unpaired) electrons. The zero-order valence-corrected chi connectivity index (χ0v) is 19.2. The van der Waals surface area contributed by atoms with Crippen molar-refractivity contribution < 1.29 is 4.79 Å². The molecule has 0 heterocycles. The molecule has 28 heavy (non-hydrogen) atoms. The Kier molecular flexibility index (Phi) is 5.60. The van der Waals surface area contributed by atoms with Gasteiger partial charge in [0.25, 0.3) is 0 Å². The first-order chi connectivity index (χ1) is 13.3. The summed E-state index contributed by atoms with van der Waals surface area (Å²) in [4.78, 5) is 13.2. The maximum absolute atomic E-state index is 13.2. The fraction of sp³-hybridized carbons (Fsp3) is 0.889. The Morgan fingerprint density at radius 3 is 2.50 bits per heavy atom. The molecule has 158 valence electrons. The second kappa shape index (κ2) is 7.59. The van der Waals surface area contributed by atoms with E-state index in [9.17, 15) is 4.79 Å². The molecular weight excluding hydrogens is 340 g/mol. The van der Waals surface area contributed by atoms with Crippen molar-refractivity contribution in [2.24, 2.45) is 52.3 Å². The van der Waals surface area contributed by atoms with E-state index in [2.05, 4.69) is 46.8 Å². The van der Waals surface area contributed by atoms with Crippen LogP contribution in [0.25, 0.3) is 0 Å². The van der Waals surface area contributed by atoms with Crippen LogP contribution in [0.15, 0.2) is 12.2 Å². The van der Waals surface area contributed by atoms with Crippen molar-refractivity contribution in [1.82, 2.24) is 0 Å². The number of ketones is 1. The Hall–Kier alpha value is -0.590. The van der Waals surface area contributed by atoms with E-state index in [1.807, 2.05) is 0 Å². The third-order valence-electron chi connectivity index (χ3n) is 10.2. The number of hydrogen-bond acceptors (Lipinski definition) is 1. The summed E-state index contributed by atoms with van der Waals surface area (Å²) in [5.41, 5.74) is 0.740. The van der Waals surface area contributed by atoms with Crippen LogP contribution in [0.5, 0.6) is 0 Å². The molecule has 0 unspecified atom stereocenters. The van der Waals surface area contributed by atoms with Crippen LogP contribution in [0, 0.1) is 52.3 Å². The lowest BCUT2D eigenvalue weighted by Crippen LogP contribution is -2.55. The van der Waals surface area contributed by atoms with Gasteiger partial charge in [-0.2, -0.15) is 0 Å². The van der Waals surface area contributed by atoms with Crippen LogP contribution >= 0.6 is 0 Å². The highest BCUT2D eigenvalue weighted by Crippen LogP contribution is 2.67. The first kappa shape index (κ1) is 20.7. The van der Waals surface area contributed by atoms with Gasteiger partial charge in [-0.1, -0.05) is 66.0 Å². The van der Waals surface area contributed by atoms with E-state index in [4.69, 9.17) is 0 Å². The molecule has 8 atom stereocenters. The Labute approximate surface area is 174 Å². The van der Waals surface area contributed by atoms with Gasteiger partial charge in [0.2, 0.25) is 0 Å². The molecule has 4 aliphatic rings. The van der Waals surface area contributed by atoms with Gasteiger partial charge in [-0.15, -0.1) is 0 Å². The molecule has 3 fully saturated rings. The largest absolute Gasteiger partial charge is 0.299 e. The Morgan fingerprint density at radius 1 is 1.00 bits per heavy atom. The lowest BCUT2D eigenvalue weighted by Gasteiger charge is -2.59. The van der Waals surface area contributed by atoms with E-state index in [1.165, 1.54) is 57.8 Å². The van der Waals surface area contributed by atoms with Crippen molar-refractivity contribution in [3.05, 3.63) is 12.2 Å². The van der Waals surface area contributed by atoms with Gasteiger partial charge in [0, 0.05) is 12.3 Å². The van der Waals surface area contributed by atoms with E-state index >= 15 is 0 Å². The van der Waals surface area contributed by atoms with E-state index in [0.29, 0.717) is 17.1 Å². The first-order valence-electron chi connectivity index (χ1n) is 12.5. The summed E-state index contributed by atoms with van der Waals surface area (Å²) in [6.07, 6.45) is 17.6. The van der Waals surface area contributed by atoms with Gasteiger partial charge >= 0.3 is 0 Å². The van der Waals surface area contributed by atoms with Crippen LogP contribution < -0.4 is 0 Å². The van der Waals surface area contributed by atoms with Crippen LogP contribution in [0.3, 0.4) is 0 Å². The molecule has 0 amide bonds. The van der Waals surface area contributed by atoms with Gasteiger partial charge in [0.05, 0.1) is 0 Å². The van der Waals surface area contributed by atoms with Crippen molar-refractivity contribution in [1.29, 1.82) is 0 Å². The molecule has 4 rings (SSSR count). The van der Waals surface area contributed by atoms with E-state index in [-0.39, 0.29) is 11.3 Å². The summed E-state index contributed by atoms with van der Waals surface area (Å²) in [5, 5.41) is 0. The monoisotopic (exact) mass is 384 g/mol. The quantitative estimate of drug-likeness (QED) is 0.450. The van der Waals surface area contributed by atoms with E-state index in [0.717, 1.165) is 36.0 Å². The van der Waals surface area contributed by atoms with Crippen LogP contribution in [0.1, 0.15) is 98.8 Å².